The van der Waals surface area contributed by atoms with E-state index in [9.17, 15) is 14.0 Å². The zero-order chi connectivity index (χ0) is 27.2. The van der Waals surface area contributed by atoms with E-state index in [2.05, 4.69) is 0 Å². The number of fused-ring (bicyclic) bond motifs is 2. The van der Waals surface area contributed by atoms with Gasteiger partial charge < -0.3 is 24.5 Å². The van der Waals surface area contributed by atoms with Gasteiger partial charge in [-0.05, 0) is 80.4 Å². The minimum absolute atomic E-state index is 0.0875. The number of aromatic nitrogens is 1. The lowest BCUT2D eigenvalue weighted by Crippen LogP contribution is -2.22. The predicted molar refractivity (Wildman–Crippen MR) is 143 cm³/mol. The summed E-state index contributed by atoms with van der Waals surface area (Å²) < 4.78 is 33.6. The maximum atomic E-state index is 14.2. The Bertz CT molecular complexity index is 1560. The van der Waals surface area contributed by atoms with Crippen molar-refractivity contribution in [3.63, 3.8) is 0 Å². The molecule has 1 saturated heterocycles. The van der Waals surface area contributed by atoms with Crippen LogP contribution in [0.1, 0.15) is 47.9 Å². The van der Waals surface area contributed by atoms with Gasteiger partial charge in [-0.1, -0.05) is 17.7 Å². The third kappa shape index (κ3) is 5.25. The Kier molecular flexibility index (Phi) is 6.90. The number of primary amides is 1. The van der Waals surface area contributed by atoms with Gasteiger partial charge in [0.05, 0.1) is 23.3 Å². The second-order valence-electron chi connectivity index (χ2n) is 9.98. The van der Waals surface area contributed by atoms with Gasteiger partial charge in [0.15, 0.2) is 12.4 Å². The van der Waals surface area contributed by atoms with E-state index in [1.165, 1.54) is 12.1 Å². The highest BCUT2D eigenvalue weighted by Crippen LogP contribution is 2.32. The van der Waals surface area contributed by atoms with Crippen LogP contribution in [0.2, 0.25) is 5.02 Å². The molecule has 1 aromatic heterocycles. The first-order chi connectivity index (χ1) is 18.0. The number of hydrogen-bond donors (Lipinski definition) is 1. The predicted octanol–water partition coefficient (Wildman–Crippen LogP) is 5.88. The number of ketones is 1. The number of carbonyl (C=O) groups excluding carboxylic acids is 2. The van der Waals surface area contributed by atoms with Crippen LogP contribution in [-0.2, 0) is 16.0 Å². The number of amides is 1. The number of halogens is 2. The van der Waals surface area contributed by atoms with Crippen LogP contribution in [0.5, 0.6) is 5.75 Å². The quantitative estimate of drug-likeness (QED) is 0.283. The molecule has 2 N–H and O–H groups in total. The molecule has 0 unspecified atom stereocenters. The highest BCUT2D eigenvalue weighted by molar-refractivity contribution is 6.31. The number of aryl methyl sites for hydroxylation is 1. The van der Waals surface area contributed by atoms with E-state index in [0.29, 0.717) is 34.5 Å². The van der Waals surface area contributed by atoms with Gasteiger partial charge in [0.1, 0.15) is 11.6 Å². The number of nitrogens with two attached hydrogens (primary N) is 1. The Hall–Kier alpha value is -3.46. The summed E-state index contributed by atoms with van der Waals surface area (Å²) in [7, 11) is 0. The molecule has 7 nitrogen and oxygen atoms in total. The number of ether oxygens (including phenoxy) is 3. The first-order valence-electron chi connectivity index (χ1n) is 12.3. The second-order valence-corrected chi connectivity index (χ2v) is 10.4. The van der Waals surface area contributed by atoms with Crippen molar-refractivity contribution in [2.24, 2.45) is 5.73 Å². The van der Waals surface area contributed by atoms with Crippen molar-refractivity contribution >= 4 is 45.0 Å². The van der Waals surface area contributed by atoms with Crippen LogP contribution in [-0.4, -0.2) is 40.9 Å². The van der Waals surface area contributed by atoms with Crippen LogP contribution in [0, 0.1) is 5.82 Å². The molecule has 1 fully saturated rings. The zero-order valence-electron chi connectivity index (χ0n) is 21.3. The number of hydrogen-bond acceptors (Lipinski definition) is 5. The lowest BCUT2D eigenvalue weighted by atomic mass is 10.1. The van der Waals surface area contributed by atoms with E-state index in [-0.39, 0.29) is 35.9 Å². The maximum absolute atomic E-state index is 14.2. The number of rotatable bonds is 8. The molecule has 38 heavy (non-hydrogen) atoms. The third-order valence-electron chi connectivity index (χ3n) is 6.75. The molecule has 1 aliphatic heterocycles. The fraction of sp³-hybridized carbons (Fsp3) is 0.310. The van der Waals surface area contributed by atoms with Crippen LogP contribution >= 0.6 is 11.6 Å². The summed E-state index contributed by atoms with van der Waals surface area (Å²) in [5, 5.41) is 2.64. The van der Waals surface area contributed by atoms with Crippen LogP contribution in [0.3, 0.4) is 0 Å². The van der Waals surface area contributed by atoms with Crippen LogP contribution in [0.15, 0.2) is 54.7 Å². The molecular weight excluding hydrogens is 511 g/mol. The van der Waals surface area contributed by atoms with Gasteiger partial charge in [-0.25, -0.2) is 4.39 Å². The van der Waals surface area contributed by atoms with E-state index in [4.69, 9.17) is 31.5 Å². The summed E-state index contributed by atoms with van der Waals surface area (Å²) in [6.45, 7) is 5.87. The van der Waals surface area contributed by atoms with Crippen molar-refractivity contribution in [2.45, 2.75) is 51.7 Å². The molecular formula is C29H28ClFN2O5. The van der Waals surface area contributed by atoms with Crippen LogP contribution in [0.4, 0.5) is 4.39 Å². The molecule has 2 heterocycles. The molecule has 2 atom stereocenters. The smallest absolute Gasteiger partial charge is 0.252 e. The molecule has 198 valence electrons. The average Bonchev–Trinajstić information content (AvgIpc) is 3.34. The van der Waals surface area contributed by atoms with E-state index < -0.39 is 17.5 Å². The van der Waals surface area contributed by atoms with Gasteiger partial charge in [-0.2, -0.15) is 0 Å². The minimum Gasteiger partial charge on any atom is -0.485 e. The fourth-order valence-corrected chi connectivity index (χ4v) is 5.21. The van der Waals surface area contributed by atoms with Gasteiger partial charge >= 0.3 is 0 Å². The lowest BCUT2D eigenvalue weighted by Gasteiger charge is -2.17. The Morgan fingerprint density at radius 3 is 2.58 bits per heavy atom. The Labute approximate surface area is 224 Å². The van der Waals surface area contributed by atoms with Gasteiger partial charge in [-0.15, -0.1) is 0 Å². The summed E-state index contributed by atoms with van der Waals surface area (Å²) in [5.41, 5.74) is 6.71. The normalized spacial score (nSPS) is 18.8. The number of Topliss-reactive ketones (excluding diaryl/α,β-unsaturated/α-hetero) is 1. The van der Waals surface area contributed by atoms with E-state index in [0.717, 1.165) is 10.8 Å². The van der Waals surface area contributed by atoms with Gasteiger partial charge in [0, 0.05) is 28.7 Å². The monoisotopic (exact) mass is 538 g/mol. The Balaban J connectivity index is 1.39. The summed E-state index contributed by atoms with van der Waals surface area (Å²) in [6, 6.07) is 12.8. The Morgan fingerprint density at radius 1 is 1.08 bits per heavy atom. The van der Waals surface area contributed by atoms with Crippen LogP contribution < -0.4 is 10.5 Å². The summed E-state index contributed by atoms with van der Waals surface area (Å²) in [4.78, 5) is 25.4. The number of carbonyl (C=O) groups is 2. The first-order valence-corrected chi connectivity index (χ1v) is 12.7. The van der Waals surface area contributed by atoms with Crippen molar-refractivity contribution in [1.29, 1.82) is 0 Å². The van der Waals surface area contributed by atoms with Crippen molar-refractivity contribution < 1.29 is 28.2 Å². The third-order valence-corrected chi connectivity index (χ3v) is 6.99. The summed E-state index contributed by atoms with van der Waals surface area (Å²) in [6.07, 6.45) is 2.11. The summed E-state index contributed by atoms with van der Waals surface area (Å²) >= 11 is 6.07. The minimum atomic E-state index is -0.683. The summed E-state index contributed by atoms with van der Waals surface area (Å²) in [5.74, 6) is -1.86. The van der Waals surface area contributed by atoms with Crippen molar-refractivity contribution in [2.75, 3.05) is 6.61 Å². The largest absolute Gasteiger partial charge is 0.485 e. The van der Waals surface area contributed by atoms with E-state index in [1.807, 2.05) is 25.3 Å². The molecule has 4 aromatic rings. The van der Waals surface area contributed by atoms with E-state index in [1.54, 1.807) is 42.6 Å². The topological polar surface area (TPSA) is 92.8 Å². The fourth-order valence-electron chi connectivity index (χ4n) is 5.02. The van der Waals surface area contributed by atoms with Gasteiger partial charge in [0.25, 0.3) is 5.91 Å². The molecule has 0 bridgehead atoms. The molecule has 1 amide bonds. The molecule has 0 spiro atoms. The van der Waals surface area contributed by atoms with Crippen LogP contribution in [0.25, 0.3) is 21.7 Å². The molecule has 5 rings (SSSR count). The average molecular weight is 539 g/mol. The highest BCUT2D eigenvalue weighted by atomic mass is 35.5. The van der Waals surface area contributed by atoms with Gasteiger partial charge in [0.2, 0.25) is 5.78 Å². The Morgan fingerprint density at radius 2 is 1.87 bits per heavy atom. The lowest BCUT2D eigenvalue weighted by molar-refractivity contribution is -0.145. The van der Waals surface area contributed by atoms with Crippen molar-refractivity contribution in [3.8, 4) is 5.75 Å². The number of benzene rings is 3. The SMILES string of the molecule is C[C@H]1OC(C)(C)O[C@@H]1CCn1cc(C(=O)COc2cc3ccc(Cl)cc3cc2C(N)=O)c2ccc(F)cc21. The zero-order valence-corrected chi connectivity index (χ0v) is 22.0. The van der Waals surface area contributed by atoms with Crippen molar-refractivity contribution in [3.05, 3.63) is 76.7 Å². The molecule has 1 aliphatic rings. The molecule has 3 aromatic carbocycles. The number of nitrogens with zero attached hydrogens (tertiary/aromatic N) is 1. The standard InChI is InChI=1S/C29H28ClFN2O5/c1-16-26(38-29(2,3)37-16)8-9-33-14-23(21-7-6-20(31)13-24(21)33)25(34)15-36-27-12-17-4-5-19(30)10-18(17)11-22(27)28(32)35/h4-7,10-14,16,26H,8-9,15H2,1-3H3,(H2,32,35)/t16-,26-/m1/s1. The molecule has 0 aliphatic carbocycles. The highest BCUT2D eigenvalue weighted by Gasteiger charge is 2.38. The van der Waals surface area contributed by atoms with Crippen molar-refractivity contribution in [1.82, 2.24) is 4.57 Å². The first kappa shape index (κ1) is 26.2. The maximum Gasteiger partial charge on any atom is 0.252 e. The van der Waals surface area contributed by atoms with E-state index >= 15 is 0 Å². The molecule has 9 heteroatoms. The second kappa shape index (κ2) is 10.0. The molecule has 0 radical (unpaired) electrons. The molecule has 0 saturated carbocycles. The van der Waals surface area contributed by atoms with Gasteiger partial charge in [-0.3, -0.25) is 9.59 Å².